The standard InChI is InChI=1S/C13H21N3/c1-9-4-5-11(3)16(8-9)13-10(2)6-12(14)7-15-13/h6-7,9,11H,4-5,8,14H2,1-3H3. The Labute approximate surface area is 97.7 Å². The fraction of sp³-hybridized carbons (Fsp3) is 0.615. The highest BCUT2D eigenvalue weighted by Crippen LogP contribution is 2.28. The van der Waals surface area contributed by atoms with Crippen molar-refractivity contribution in [1.82, 2.24) is 4.98 Å². The van der Waals surface area contributed by atoms with Gasteiger partial charge in [0.05, 0.1) is 11.9 Å². The molecule has 0 aliphatic carbocycles. The second-order valence-corrected chi connectivity index (χ2v) is 5.09. The van der Waals surface area contributed by atoms with Crippen LogP contribution in [0.4, 0.5) is 11.5 Å². The molecule has 1 aliphatic rings. The van der Waals surface area contributed by atoms with E-state index in [9.17, 15) is 0 Å². The number of rotatable bonds is 1. The van der Waals surface area contributed by atoms with Crippen molar-refractivity contribution in [3.63, 3.8) is 0 Å². The van der Waals surface area contributed by atoms with E-state index in [1.807, 2.05) is 6.07 Å². The molecule has 2 rings (SSSR count). The molecule has 1 aromatic heterocycles. The van der Waals surface area contributed by atoms with Crippen LogP contribution in [-0.2, 0) is 0 Å². The minimum atomic E-state index is 0.589. The van der Waals surface area contributed by atoms with E-state index in [1.54, 1.807) is 6.20 Å². The summed E-state index contributed by atoms with van der Waals surface area (Å²) in [6, 6.07) is 2.60. The van der Waals surface area contributed by atoms with Crippen LogP contribution in [0.15, 0.2) is 12.3 Å². The Morgan fingerprint density at radius 2 is 2.12 bits per heavy atom. The van der Waals surface area contributed by atoms with Crippen molar-refractivity contribution < 1.29 is 0 Å². The Balaban J connectivity index is 2.28. The molecule has 0 amide bonds. The molecule has 2 atom stereocenters. The molecular formula is C13H21N3. The van der Waals surface area contributed by atoms with E-state index in [1.165, 1.54) is 18.4 Å². The number of anilines is 2. The second-order valence-electron chi connectivity index (χ2n) is 5.09. The highest BCUT2D eigenvalue weighted by Gasteiger charge is 2.24. The number of hydrogen-bond acceptors (Lipinski definition) is 3. The van der Waals surface area contributed by atoms with Crippen LogP contribution in [-0.4, -0.2) is 17.6 Å². The largest absolute Gasteiger partial charge is 0.397 e. The van der Waals surface area contributed by atoms with Gasteiger partial charge < -0.3 is 10.6 Å². The zero-order chi connectivity index (χ0) is 11.7. The third kappa shape index (κ3) is 2.13. The highest BCUT2D eigenvalue weighted by atomic mass is 15.2. The molecule has 0 saturated carbocycles. The Bertz CT molecular complexity index is 375. The van der Waals surface area contributed by atoms with Crippen LogP contribution >= 0.6 is 0 Å². The molecule has 1 saturated heterocycles. The number of pyridine rings is 1. The number of piperidine rings is 1. The zero-order valence-electron chi connectivity index (χ0n) is 10.4. The first-order valence-electron chi connectivity index (χ1n) is 6.06. The maximum Gasteiger partial charge on any atom is 0.131 e. The molecule has 2 heterocycles. The molecule has 3 heteroatoms. The summed E-state index contributed by atoms with van der Waals surface area (Å²) in [6.45, 7) is 7.79. The van der Waals surface area contributed by atoms with Gasteiger partial charge in [-0.3, -0.25) is 0 Å². The number of hydrogen-bond donors (Lipinski definition) is 1. The number of nitrogens with zero attached hydrogens (tertiary/aromatic N) is 2. The fourth-order valence-electron chi connectivity index (χ4n) is 2.47. The average molecular weight is 219 g/mol. The van der Waals surface area contributed by atoms with Crippen molar-refractivity contribution in [3.05, 3.63) is 17.8 Å². The van der Waals surface area contributed by atoms with E-state index < -0.39 is 0 Å². The number of aromatic nitrogens is 1. The maximum absolute atomic E-state index is 5.74. The number of aryl methyl sites for hydroxylation is 1. The summed E-state index contributed by atoms with van der Waals surface area (Å²) in [7, 11) is 0. The van der Waals surface area contributed by atoms with Gasteiger partial charge in [-0.2, -0.15) is 0 Å². The first kappa shape index (κ1) is 11.2. The van der Waals surface area contributed by atoms with E-state index in [0.29, 0.717) is 6.04 Å². The molecule has 0 bridgehead atoms. The minimum Gasteiger partial charge on any atom is -0.397 e. The summed E-state index contributed by atoms with van der Waals surface area (Å²) in [5.41, 5.74) is 7.67. The maximum atomic E-state index is 5.74. The van der Waals surface area contributed by atoms with Crippen LogP contribution in [0, 0.1) is 12.8 Å². The van der Waals surface area contributed by atoms with Gasteiger partial charge in [0.2, 0.25) is 0 Å². The van der Waals surface area contributed by atoms with E-state index in [4.69, 9.17) is 5.73 Å². The molecule has 88 valence electrons. The van der Waals surface area contributed by atoms with Gasteiger partial charge in [-0.1, -0.05) is 6.92 Å². The first-order chi connectivity index (χ1) is 7.58. The van der Waals surface area contributed by atoms with Gasteiger partial charge in [0.15, 0.2) is 0 Å². The van der Waals surface area contributed by atoms with Crippen LogP contribution in [0.3, 0.4) is 0 Å². The summed E-state index contributed by atoms with van der Waals surface area (Å²) in [5.74, 6) is 1.86. The Morgan fingerprint density at radius 1 is 1.38 bits per heavy atom. The summed E-state index contributed by atoms with van der Waals surface area (Å²) in [5, 5.41) is 0. The smallest absolute Gasteiger partial charge is 0.131 e. The topological polar surface area (TPSA) is 42.1 Å². The van der Waals surface area contributed by atoms with Gasteiger partial charge in [-0.25, -0.2) is 4.98 Å². The van der Waals surface area contributed by atoms with Crippen LogP contribution in [0.2, 0.25) is 0 Å². The van der Waals surface area contributed by atoms with E-state index in [2.05, 4.69) is 30.7 Å². The number of nitrogens with two attached hydrogens (primary N) is 1. The summed E-state index contributed by atoms with van der Waals surface area (Å²) >= 11 is 0. The highest BCUT2D eigenvalue weighted by molar-refractivity contribution is 5.53. The first-order valence-corrected chi connectivity index (χ1v) is 6.06. The van der Waals surface area contributed by atoms with Gasteiger partial charge >= 0.3 is 0 Å². The fourth-order valence-corrected chi connectivity index (χ4v) is 2.47. The van der Waals surface area contributed by atoms with Crippen molar-refractivity contribution in [2.75, 3.05) is 17.2 Å². The minimum absolute atomic E-state index is 0.589. The molecule has 2 unspecified atom stereocenters. The van der Waals surface area contributed by atoms with Crippen LogP contribution < -0.4 is 10.6 Å². The third-order valence-electron chi connectivity index (χ3n) is 3.46. The van der Waals surface area contributed by atoms with Crippen LogP contribution in [0.5, 0.6) is 0 Å². The molecule has 3 nitrogen and oxygen atoms in total. The lowest BCUT2D eigenvalue weighted by Gasteiger charge is -2.38. The normalized spacial score (nSPS) is 25.8. The lowest BCUT2D eigenvalue weighted by Crippen LogP contribution is -2.41. The van der Waals surface area contributed by atoms with Gasteiger partial charge in [0.25, 0.3) is 0 Å². The molecule has 16 heavy (non-hydrogen) atoms. The monoisotopic (exact) mass is 219 g/mol. The third-order valence-corrected chi connectivity index (χ3v) is 3.46. The molecule has 1 fully saturated rings. The van der Waals surface area contributed by atoms with Gasteiger partial charge in [0.1, 0.15) is 5.82 Å². The van der Waals surface area contributed by atoms with Crippen molar-refractivity contribution in [1.29, 1.82) is 0 Å². The molecule has 0 aromatic carbocycles. The average Bonchev–Trinajstić information content (AvgIpc) is 2.22. The summed E-state index contributed by atoms with van der Waals surface area (Å²) < 4.78 is 0. The molecule has 2 N–H and O–H groups in total. The van der Waals surface area contributed by atoms with E-state index >= 15 is 0 Å². The summed E-state index contributed by atoms with van der Waals surface area (Å²) in [4.78, 5) is 6.91. The lowest BCUT2D eigenvalue weighted by molar-refractivity contribution is 0.387. The Kier molecular flexibility index (Phi) is 3.03. The van der Waals surface area contributed by atoms with E-state index in [-0.39, 0.29) is 0 Å². The molecule has 0 radical (unpaired) electrons. The SMILES string of the molecule is Cc1cc(N)cnc1N1CC(C)CCC1C. The Hall–Kier alpha value is -1.25. The van der Waals surface area contributed by atoms with Crippen molar-refractivity contribution in [3.8, 4) is 0 Å². The summed E-state index contributed by atoms with van der Waals surface area (Å²) in [6.07, 6.45) is 4.34. The molecule has 1 aliphatic heterocycles. The number of nitrogen functional groups attached to an aromatic ring is 1. The molecular weight excluding hydrogens is 198 g/mol. The molecule has 0 spiro atoms. The lowest BCUT2D eigenvalue weighted by atomic mass is 9.95. The van der Waals surface area contributed by atoms with Gasteiger partial charge in [-0.15, -0.1) is 0 Å². The quantitative estimate of drug-likeness (QED) is 0.789. The van der Waals surface area contributed by atoms with Crippen LogP contribution in [0.1, 0.15) is 32.3 Å². The van der Waals surface area contributed by atoms with E-state index in [0.717, 1.165) is 24.0 Å². The predicted octanol–water partition coefficient (Wildman–Crippen LogP) is 2.60. The second kappa shape index (κ2) is 4.32. The Morgan fingerprint density at radius 3 is 2.81 bits per heavy atom. The van der Waals surface area contributed by atoms with Crippen LogP contribution in [0.25, 0.3) is 0 Å². The van der Waals surface area contributed by atoms with Gasteiger partial charge in [0, 0.05) is 12.6 Å². The predicted molar refractivity (Wildman–Crippen MR) is 68.6 cm³/mol. The van der Waals surface area contributed by atoms with Crippen molar-refractivity contribution >= 4 is 11.5 Å². The van der Waals surface area contributed by atoms with Crippen molar-refractivity contribution in [2.45, 2.75) is 39.7 Å². The van der Waals surface area contributed by atoms with Gasteiger partial charge in [-0.05, 0) is 44.2 Å². The zero-order valence-corrected chi connectivity index (χ0v) is 10.4. The molecule has 1 aromatic rings. The van der Waals surface area contributed by atoms with Crippen molar-refractivity contribution in [2.24, 2.45) is 5.92 Å².